The molecule has 2 saturated heterocycles. The fourth-order valence-electron chi connectivity index (χ4n) is 3.21. The highest BCUT2D eigenvalue weighted by atomic mass is 32.1. The molecule has 3 amide bonds. The van der Waals surface area contributed by atoms with E-state index in [-0.39, 0.29) is 30.7 Å². The number of anilines is 2. The Kier molecular flexibility index (Phi) is 6.28. The third kappa shape index (κ3) is 4.49. The quantitative estimate of drug-likeness (QED) is 0.704. The first-order valence-corrected chi connectivity index (χ1v) is 9.66. The van der Waals surface area contributed by atoms with Crippen LogP contribution in [0.4, 0.5) is 20.6 Å². The van der Waals surface area contributed by atoms with Crippen LogP contribution in [0.3, 0.4) is 0 Å². The van der Waals surface area contributed by atoms with Crippen molar-refractivity contribution in [2.24, 2.45) is 0 Å². The van der Waals surface area contributed by atoms with Crippen molar-refractivity contribution in [2.75, 3.05) is 55.3 Å². The molecule has 8 nitrogen and oxygen atoms in total. The summed E-state index contributed by atoms with van der Waals surface area (Å²) in [5, 5.41) is 2.61. The first-order chi connectivity index (χ1) is 13.4. The molecule has 0 spiro atoms. The number of nitrogens with one attached hydrogen (secondary N) is 1. The van der Waals surface area contributed by atoms with Crippen LogP contribution in [0.25, 0.3) is 0 Å². The van der Waals surface area contributed by atoms with Crippen LogP contribution in [-0.2, 0) is 14.3 Å². The molecule has 0 aliphatic carbocycles. The lowest BCUT2D eigenvalue weighted by molar-refractivity contribution is -0.129. The van der Waals surface area contributed by atoms with Crippen molar-refractivity contribution in [3.8, 4) is 0 Å². The highest BCUT2D eigenvalue weighted by molar-refractivity contribution is 7.81. The number of thiol groups is 1. The van der Waals surface area contributed by atoms with Gasteiger partial charge in [0.1, 0.15) is 11.9 Å². The summed E-state index contributed by atoms with van der Waals surface area (Å²) in [6, 6.07) is 4.57. The number of hydrogen-bond acceptors (Lipinski definition) is 6. The summed E-state index contributed by atoms with van der Waals surface area (Å²) in [7, 11) is 1.74. The molecule has 1 aromatic rings. The lowest BCUT2D eigenvalue weighted by atomic mass is 10.2. The van der Waals surface area contributed by atoms with Gasteiger partial charge < -0.3 is 19.9 Å². The number of nitrogens with zero attached hydrogens (tertiary/aromatic N) is 3. The Morgan fingerprint density at radius 2 is 2.11 bits per heavy atom. The second-order valence-electron chi connectivity index (χ2n) is 6.77. The zero-order chi connectivity index (χ0) is 20.3. The van der Waals surface area contributed by atoms with Crippen molar-refractivity contribution >= 4 is 41.9 Å². The predicted molar refractivity (Wildman–Crippen MR) is 105 cm³/mol. The molecular weight excluding hydrogens is 387 g/mol. The molecule has 2 heterocycles. The number of likely N-dealkylation sites (N-methyl/N-ethyl adjacent to an activating group) is 1. The van der Waals surface area contributed by atoms with E-state index in [9.17, 15) is 18.8 Å². The Labute approximate surface area is 168 Å². The molecule has 1 aromatic carbocycles. The van der Waals surface area contributed by atoms with Gasteiger partial charge in [-0.3, -0.25) is 14.5 Å². The molecule has 0 radical (unpaired) electrons. The van der Waals surface area contributed by atoms with Gasteiger partial charge in [0.05, 0.1) is 30.2 Å². The highest BCUT2D eigenvalue weighted by Gasteiger charge is 2.33. The maximum atomic E-state index is 14.8. The van der Waals surface area contributed by atoms with Crippen molar-refractivity contribution in [1.29, 1.82) is 0 Å². The number of carbonyl (C=O) groups is 3. The van der Waals surface area contributed by atoms with Gasteiger partial charge in [0.15, 0.2) is 0 Å². The van der Waals surface area contributed by atoms with Crippen LogP contribution >= 0.6 is 12.6 Å². The molecule has 2 fully saturated rings. The third-order valence-electron chi connectivity index (χ3n) is 4.85. The lowest BCUT2D eigenvalue weighted by Gasteiger charge is -2.24. The molecule has 2 aliphatic rings. The average Bonchev–Trinajstić information content (AvgIpc) is 2.98. The maximum Gasteiger partial charge on any atom is 0.414 e. The van der Waals surface area contributed by atoms with E-state index in [0.717, 1.165) is 0 Å². The third-order valence-corrected chi connectivity index (χ3v) is 5.14. The van der Waals surface area contributed by atoms with Crippen molar-refractivity contribution in [3.63, 3.8) is 0 Å². The van der Waals surface area contributed by atoms with Gasteiger partial charge in [-0.25, -0.2) is 9.18 Å². The van der Waals surface area contributed by atoms with Crippen LogP contribution in [0, 0.1) is 5.82 Å². The zero-order valence-electron chi connectivity index (χ0n) is 15.6. The van der Waals surface area contributed by atoms with Gasteiger partial charge in [0.2, 0.25) is 11.8 Å². The minimum atomic E-state index is -0.584. The molecule has 1 N–H and O–H groups in total. The molecule has 1 atom stereocenters. The molecule has 2 aliphatic heterocycles. The summed E-state index contributed by atoms with van der Waals surface area (Å²) in [4.78, 5) is 40.0. The van der Waals surface area contributed by atoms with Crippen molar-refractivity contribution in [2.45, 2.75) is 12.5 Å². The lowest BCUT2D eigenvalue weighted by Crippen LogP contribution is -2.35. The molecule has 0 aromatic heterocycles. The smallest absolute Gasteiger partial charge is 0.414 e. The normalized spacial score (nSPS) is 20.2. The second kappa shape index (κ2) is 8.68. The molecule has 1 unspecified atom stereocenters. The fourth-order valence-corrected chi connectivity index (χ4v) is 3.32. The summed E-state index contributed by atoms with van der Waals surface area (Å²) in [5.41, 5.74) is 0.786. The number of cyclic esters (lactones) is 1. The van der Waals surface area contributed by atoms with Gasteiger partial charge in [-0.15, -0.1) is 0 Å². The first kappa shape index (κ1) is 20.2. The van der Waals surface area contributed by atoms with Gasteiger partial charge in [0.25, 0.3) is 0 Å². The van der Waals surface area contributed by atoms with Gasteiger partial charge >= 0.3 is 6.09 Å². The van der Waals surface area contributed by atoms with Gasteiger partial charge in [0, 0.05) is 33.1 Å². The Morgan fingerprint density at radius 3 is 2.82 bits per heavy atom. The van der Waals surface area contributed by atoms with Crippen molar-refractivity contribution < 1.29 is 23.5 Å². The number of rotatable bonds is 5. The fraction of sp³-hybridized carbons (Fsp3) is 0.500. The van der Waals surface area contributed by atoms with E-state index in [2.05, 4.69) is 17.9 Å². The first-order valence-electron chi connectivity index (χ1n) is 9.03. The Balaban J connectivity index is 1.67. The second-order valence-corrected chi connectivity index (χ2v) is 7.08. The van der Waals surface area contributed by atoms with E-state index in [1.54, 1.807) is 24.1 Å². The summed E-state index contributed by atoms with van der Waals surface area (Å²) >= 11 is 3.87. The van der Waals surface area contributed by atoms with Gasteiger partial charge in [-0.05, 0) is 18.2 Å². The molecular formula is C18H23FN4O4S. The van der Waals surface area contributed by atoms with Crippen LogP contribution in [0.1, 0.15) is 6.42 Å². The SMILES string of the molecule is CN1CCN(c2ccc(N3CC(CNC(=O)CS)OC3=O)cc2F)CCC1=O. The topological polar surface area (TPSA) is 82.2 Å². The zero-order valence-corrected chi connectivity index (χ0v) is 16.5. The summed E-state index contributed by atoms with van der Waals surface area (Å²) in [6.07, 6.45) is -0.763. The van der Waals surface area contributed by atoms with Crippen LogP contribution in [0.5, 0.6) is 0 Å². The largest absolute Gasteiger partial charge is 0.442 e. The van der Waals surface area contributed by atoms with Crippen LogP contribution in [-0.4, -0.2) is 74.4 Å². The monoisotopic (exact) mass is 410 g/mol. The van der Waals surface area contributed by atoms with E-state index in [1.807, 2.05) is 4.90 Å². The molecule has 28 heavy (non-hydrogen) atoms. The number of hydrogen-bond donors (Lipinski definition) is 2. The van der Waals surface area contributed by atoms with Crippen molar-refractivity contribution in [1.82, 2.24) is 10.2 Å². The maximum absolute atomic E-state index is 14.8. The molecule has 152 valence electrons. The number of amides is 3. The van der Waals surface area contributed by atoms with Crippen LogP contribution in [0.2, 0.25) is 0 Å². The van der Waals surface area contributed by atoms with Gasteiger partial charge in [-0.1, -0.05) is 0 Å². The standard InChI is InChI=1S/C18H23FN4O4S/c1-21-6-7-22(5-4-17(21)25)15-3-2-12(8-14(15)19)23-10-13(27-18(23)26)9-20-16(24)11-28/h2-3,8,13,28H,4-7,9-11H2,1H3,(H,20,24). The van der Waals surface area contributed by atoms with Crippen LogP contribution < -0.4 is 15.1 Å². The van der Waals surface area contributed by atoms with E-state index >= 15 is 0 Å². The van der Waals surface area contributed by atoms with E-state index in [4.69, 9.17) is 4.74 Å². The number of benzene rings is 1. The van der Waals surface area contributed by atoms with Gasteiger partial charge in [-0.2, -0.15) is 12.6 Å². The summed E-state index contributed by atoms with van der Waals surface area (Å²) in [6.45, 7) is 1.90. The molecule has 0 bridgehead atoms. The average molecular weight is 410 g/mol. The minimum absolute atomic E-state index is 0.0374. The van der Waals surface area contributed by atoms with Crippen LogP contribution in [0.15, 0.2) is 18.2 Å². The summed E-state index contributed by atoms with van der Waals surface area (Å²) in [5.74, 6) is -0.631. The predicted octanol–water partition coefficient (Wildman–Crippen LogP) is 0.865. The number of halogens is 1. The molecule has 3 rings (SSSR count). The summed E-state index contributed by atoms with van der Waals surface area (Å²) < 4.78 is 20.0. The molecule has 10 heteroatoms. The molecule has 0 saturated carbocycles. The van der Waals surface area contributed by atoms with E-state index in [1.165, 1.54) is 11.0 Å². The highest BCUT2D eigenvalue weighted by Crippen LogP contribution is 2.28. The van der Waals surface area contributed by atoms with Crippen molar-refractivity contribution in [3.05, 3.63) is 24.0 Å². The Morgan fingerprint density at radius 1 is 1.32 bits per heavy atom. The van der Waals surface area contributed by atoms with E-state index in [0.29, 0.717) is 37.4 Å². The minimum Gasteiger partial charge on any atom is -0.442 e. The Bertz CT molecular complexity index is 778. The Hall–Kier alpha value is -2.49. The number of carbonyl (C=O) groups excluding carboxylic acids is 3. The number of ether oxygens (including phenoxy) is 1. The van der Waals surface area contributed by atoms with E-state index < -0.39 is 18.0 Å².